The molecule has 2 aromatic carbocycles. The van der Waals surface area contributed by atoms with E-state index in [0.717, 1.165) is 17.1 Å². The van der Waals surface area contributed by atoms with Crippen LogP contribution in [0.15, 0.2) is 60.8 Å². The van der Waals surface area contributed by atoms with Crippen LogP contribution in [-0.4, -0.2) is 9.55 Å². The van der Waals surface area contributed by atoms with Gasteiger partial charge in [0.1, 0.15) is 5.69 Å². The summed E-state index contributed by atoms with van der Waals surface area (Å²) >= 11 is 0. The first-order valence-corrected chi connectivity index (χ1v) is 8.57. The van der Waals surface area contributed by atoms with Crippen molar-refractivity contribution in [3.05, 3.63) is 77.6 Å². The van der Waals surface area contributed by atoms with Gasteiger partial charge in [-0.15, -0.1) is 0 Å². The molecule has 0 fully saturated rings. The lowest BCUT2D eigenvalue weighted by atomic mass is 10.1. The Hall–Kier alpha value is -2.94. The van der Waals surface area contributed by atoms with Crippen LogP contribution in [0.5, 0.6) is 0 Å². The van der Waals surface area contributed by atoms with Crippen molar-refractivity contribution in [2.75, 3.05) is 0 Å². The Morgan fingerprint density at radius 3 is 2.36 bits per heavy atom. The van der Waals surface area contributed by atoms with E-state index >= 15 is 0 Å². The van der Waals surface area contributed by atoms with E-state index in [1.54, 1.807) is 0 Å². The fourth-order valence-corrected chi connectivity index (χ4v) is 3.60. The van der Waals surface area contributed by atoms with E-state index in [2.05, 4.69) is 89.6 Å². The Bertz CT molecular complexity index is 1090. The molecule has 0 unspecified atom stereocenters. The highest BCUT2D eigenvalue weighted by Crippen LogP contribution is 2.29. The molecule has 4 rings (SSSR count). The van der Waals surface area contributed by atoms with Gasteiger partial charge in [-0.25, -0.2) is 4.57 Å². The van der Waals surface area contributed by atoms with Crippen molar-refractivity contribution in [2.45, 2.75) is 20.8 Å². The molecule has 2 heterocycles. The van der Waals surface area contributed by atoms with Crippen LogP contribution in [0.1, 0.15) is 16.8 Å². The minimum Gasteiger partial charge on any atom is -0.261 e. The van der Waals surface area contributed by atoms with Gasteiger partial charge in [0.15, 0.2) is 11.0 Å². The Labute approximate surface area is 148 Å². The summed E-state index contributed by atoms with van der Waals surface area (Å²) in [6.07, 6.45) is 1.99. The molecule has 0 N–H and O–H groups in total. The molecular weight excluding hydrogens is 306 g/mol. The summed E-state index contributed by atoms with van der Waals surface area (Å²) in [6.45, 7) is 6.35. The minimum atomic E-state index is 1.04. The number of imidazole rings is 1. The minimum absolute atomic E-state index is 1.04. The highest BCUT2D eigenvalue weighted by Gasteiger charge is 2.27. The number of fused-ring (bicyclic) bond motifs is 1. The van der Waals surface area contributed by atoms with Gasteiger partial charge >= 0.3 is 0 Å². The Balaban J connectivity index is 2.16. The van der Waals surface area contributed by atoms with E-state index in [1.165, 1.54) is 27.8 Å². The van der Waals surface area contributed by atoms with Crippen LogP contribution in [0.4, 0.5) is 0 Å². The van der Waals surface area contributed by atoms with Gasteiger partial charge in [-0.3, -0.25) is 4.98 Å². The fraction of sp³-hybridized carbons (Fsp3) is 0.182. The summed E-state index contributed by atoms with van der Waals surface area (Å²) in [4.78, 5) is 4.56. The van der Waals surface area contributed by atoms with Gasteiger partial charge in [-0.2, -0.15) is 4.57 Å². The summed E-state index contributed by atoms with van der Waals surface area (Å²) in [6, 6.07) is 19.2. The molecule has 0 aliphatic rings. The standard InChI is InChI=1S/C22H22N3/c1-15-9-5-6-10-19(15)25-21-12-8-7-11-20(21)24(4)22(25)18-14-23-17(3)13-16(18)2/h5-14H,1-4H3/q+1. The first-order chi connectivity index (χ1) is 12.1. The number of aryl methyl sites for hydroxylation is 4. The van der Waals surface area contributed by atoms with Crippen molar-refractivity contribution in [1.29, 1.82) is 0 Å². The van der Waals surface area contributed by atoms with Gasteiger partial charge in [0, 0.05) is 11.9 Å². The van der Waals surface area contributed by atoms with Crippen LogP contribution in [-0.2, 0) is 7.05 Å². The average Bonchev–Trinajstić information content (AvgIpc) is 2.89. The number of nitrogens with zero attached hydrogens (tertiary/aromatic N) is 3. The van der Waals surface area contributed by atoms with Crippen molar-refractivity contribution in [2.24, 2.45) is 7.05 Å². The lowest BCUT2D eigenvalue weighted by Crippen LogP contribution is -2.30. The molecule has 0 atom stereocenters. The number of benzene rings is 2. The number of aromatic nitrogens is 3. The normalized spacial score (nSPS) is 11.2. The van der Waals surface area contributed by atoms with Crippen LogP contribution in [0.3, 0.4) is 0 Å². The van der Waals surface area contributed by atoms with Gasteiger partial charge in [-0.1, -0.05) is 30.3 Å². The SMILES string of the molecule is Cc1cc(C)c(-c2n(-c3ccccc3C)c3ccccc3[n+]2C)cn1. The molecule has 25 heavy (non-hydrogen) atoms. The maximum Gasteiger partial charge on any atom is 0.296 e. The number of hydrogen-bond donors (Lipinski definition) is 0. The first kappa shape index (κ1) is 15.6. The van der Waals surface area contributed by atoms with Crippen molar-refractivity contribution < 1.29 is 4.57 Å². The van der Waals surface area contributed by atoms with E-state index in [0.29, 0.717) is 0 Å². The average molecular weight is 328 g/mol. The van der Waals surface area contributed by atoms with Crippen LogP contribution in [0.2, 0.25) is 0 Å². The van der Waals surface area contributed by atoms with E-state index in [1.807, 2.05) is 13.1 Å². The summed E-state index contributed by atoms with van der Waals surface area (Å²) in [5.41, 5.74) is 8.31. The first-order valence-electron chi connectivity index (χ1n) is 8.57. The van der Waals surface area contributed by atoms with Crippen LogP contribution in [0, 0.1) is 20.8 Å². The highest BCUT2D eigenvalue weighted by molar-refractivity contribution is 5.79. The second-order valence-electron chi connectivity index (χ2n) is 6.63. The van der Waals surface area contributed by atoms with Crippen molar-refractivity contribution in [3.8, 4) is 17.1 Å². The Kier molecular flexibility index (Phi) is 3.65. The zero-order chi connectivity index (χ0) is 17.6. The number of rotatable bonds is 2. The van der Waals surface area contributed by atoms with E-state index < -0.39 is 0 Å². The summed E-state index contributed by atoms with van der Waals surface area (Å²) in [7, 11) is 2.13. The molecule has 0 aliphatic heterocycles. The zero-order valence-electron chi connectivity index (χ0n) is 15.1. The fourth-order valence-electron chi connectivity index (χ4n) is 3.60. The van der Waals surface area contributed by atoms with E-state index in [9.17, 15) is 0 Å². The molecule has 0 aliphatic carbocycles. The zero-order valence-corrected chi connectivity index (χ0v) is 15.1. The third kappa shape index (κ3) is 2.43. The van der Waals surface area contributed by atoms with Crippen LogP contribution in [0.25, 0.3) is 28.1 Å². The monoisotopic (exact) mass is 328 g/mol. The lowest BCUT2D eigenvalue weighted by molar-refractivity contribution is -0.633. The Morgan fingerprint density at radius 1 is 0.880 bits per heavy atom. The highest BCUT2D eigenvalue weighted by atomic mass is 15.2. The number of hydrogen-bond acceptors (Lipinski definition) is 1. The van der Waals surface area contributed by atoms with Gasteiger partial charge in [-0.05, 0) is 56.2 Å². The van der Waals surface area contributed by atoms with Gasteiger partial charge in [0.2, 0.25) is 0 Å². The van der Waals surface area contributed by atoms with E-state index in [-0.39, 0.29) is 0 Å². The van der Waals surface area contributed by atoms with Crippen LogP contribution >= 0.6 is 0 Å². The lowest BCUT2D eigenvalue weighted by Gasteiger charge is -2.08. The molecule has 0 radical (unpaired) electrons. The smallest absolute Gasteiger partial charge is 0.261 e. The third-order valence-electron chi connectivity index (χ3n) is 4.86. The van der Waals surface area contributed by atoms with Gasteiger partial charge in [0.05, 0.1) is 12.6 Å². The Morgan fingerprint density at radius 2 is 1.60 bits per heavy atom. The van der Waals surface area contributed by atoms with Crippen molar-refractivity contribution in [3.63, 3.8) is 0 Å². The quantitative estimate of drug-likeness (QED) is 0.499. The van der Waals surface area contributed by atoms with E-state index in [4.69, 9.17) is 0 Å². The number of para-hydroxylation sites is 3. The van der Waals surface area contributed by atoms with Gasteiger partial charge in [0.25, 0.3) is 5.82 Å². The molecule has 0 saturated heterocycles. The van der Waals surface area contributed by atoms with Gasteiger partial charge < -0.3 is 0 Å². The number of pyridine rings is 1. The summed E-state index contributed by atoms with van der Waals surface area (Å²) < 4.78 is 4.62. The predicted octanol–water partition coefficient (Wildman–Crippen LogP) is 4.44. The molecule has 3 nitrogen and oxygen atoms in total. The predicted molar refractivity (Wildman–Crippen MR) is 102 cm³/mol. The topological polar surface area (TPSA) is 21.7 Å². The molecule has 124 valence electrons. The molecule has 0 spiro atoms. The third-order valence-corrected chi connectivity index (χ3v) is 4.86. The largest absolute Gasteiger partial charge is 0.296 e. The maximum absolute atomic E-state index is 4.56. The maximum atomic E-state index is 4.56. The summed E-state index contributed by atoms with van der Waals surface area (Å²) in [5.74, 6) is 1.15. The van der Waals surface area contributed by atoms with Crippen molar-refractivity contribution >= 4 is 11.0 Å². The van der Waals surface area contributed by atoms with Crippen molar-refractivity contribution in [1.82, 2.24) is 9.55 Å². The molecule has 3 heteroatoms. The molecular formula is C22H22N3+. The van der Waals surface area contributed by atoms with Crippen LogP contribution < -0.4 is 4.57 Å². The molecule has 2 aromatic heterocycles. The molecule has 0 bridgehead atoms. The second kappa shape index (κ2) is 5.85. The molecule has 0 saturated carbocycles. The summed E-state index contributed by atoms with van der Waals surface area (Å²) in [5, 5.41) is 0. The molecule has 0 amide bonds. The second-order valence-corrected chi connectivity index (χ2v) is 6.63. The molecule has 4 aromatic rings.